The zero-order valence-corrected chi connectivity index (χ0v) is 18.3. The van der Waals surface area contributed by atoms with Crippen molar-refractivity contribution in [3.8, 4) is 5.75 Å². The molecule has 1 N–H and O–H groups in total. The summed E-state index contributed by atoms with van der Waals surface area (Å²) in [5, 5.41) is 12.4. The standard InChI is InChI=1S/C19H17Cl2N3O2S2/c1-11-3-6-15(7-12(11)2)26-9-17(25)22-18-23-24-19(28-18)27-10-13-4-5-14(20)8-16(13)21/h3-8H,9-10H2,1-2H3,(H,22,23,25). The first kappa shape index (κ1) is 20.9. The number of carbonyl (C=O) groups is 1. The molecule has 0 aliphatic carbocycles. The lowest BCUT2D eigenvalue weighted by Gasteiger charge is -2.07. The Balaban J connectivity index is 1.49. The molecule has 0 saturated carbocycles. The second-order valence-electron chi connectivity index (χ2n) is 5.98. The summed E-state index contributed by atoms with van der Waals surface area (Å²) in [6.07, 6.45) is 0. The summed E-state index contributed by atoms with van der Waals surface area (Å²) in [6.45, 7) is 3.93. The lowest BCUT2D eigenvalue weighted by molar-refractivity contribution is -0.118. The maximum Gasteiger partial charge on any atom is 0.264 e. The van der Waals surface area contributed by atoms with Crippen molar-refractivity contribution in [2.45, 2.75) is 23.9 Å². The molecule has 2 aromatic carbocycles. The van der Waals surface area contributed by atoms with E-state index >= 15 is 0 Å². The fraction of sp³-hybridized carbons (Fsp3) is 0.211. The first-order chi connectivity index (χ1) is 13.4. The number of halogens is 2. The molecule has 1 amide bonds. The van der Waals surface area contributed by atoms with Gasteiger partial charge < -0.3 is 4.74 Å². The summed E-state index contributed by atoms with van der Waals surface area (Å²) in [6, 6.07) is 11.1. The van der Waals surface area contributed by atoms with Crippen molar-refractivity contribution < 1.29 is 9.53 Å². The Hall–Kier alpha value is -1.80. The third-order valence-corrected chi connectivity index (χ3v) is 6.48. The van der Waals surface area contributed by atoms with Crippen LogP contribution in [0.4, 0.5) is 5.13 Å². The average Bonchev–Trinajstić information content (AvgIpc) is 3.09. The van der Waals surface area contributed by atoms with Gasteiger partial charge in [-0.1, -0.05) is 58.4 Å². The molecule has 0 radical (unpaired) electrons. The van der Waals surface area contributed by atoms with E-state index in [0.717, 1.165) is 15.5 Å². The Morgan fingerprint density at radius 3 is 2.71 bits per heavy atom. The fourth-order valence-corrected chi connectivity index (χ4v) is 4.53. The van der Waals surface area contributed by atoms with Crippen molar-refractivity contribution in [2.24, 2.45) is 0 Å². The van der Waals surface area contributed by atoms with Crippen LogP contribution < -0.4 is 10.1 Å². The molecule has 28 heavy (non-hydrogen) atoms. The van der Waals surface area contributed by atoms with E-state index in [-0.39, 0.29) is 12.5 Å². The molecule has 0 spiro atoms. The summed E-state index contributed by atoms with van der Waals surface area (Å²) >= 11 is 14.9. The quantitative estimate of drug-likeness (QED) is 0.363. The Morgan fingerprint density at radius 2 is 1.96 bits per heavy atom. The van der Waals surface area contributed by atoms with Crippen molar-refractivity contribution in [3.63, 3.8) is 0 Å². The fourth-order valence-electron chi connectivity index (χ4n) is 2.20. The minimum Gasteiger partial charge on any atom is -0.484 e. The largest absolute Gasteiger partial charge is 0.484 e. The highest BCUT2D eigenvalue weighted by Gasteiger charge is 2.11. The molecule has 9 heteroatoms. The average molecular weight is 454 g/mol. The van der Waals surface area contributed by atoms with E-state index in [1.807, 2.05) is 38.1 Å². The van der Waals surface area contributed by atoms with Crippen LogP contribution in [0.15, 0.2) is 40.7 Å². The molecule has 0 aliphatic heterocycles. The summed E-state index contributed by atoms with van der Waals surface area (Å²) in [5.41, 5.74) is 3.25. The Bertz CT molecular complexity index is 995. The van der Waals surface area contributed by atoms with Crippen LogP contribution in [-0.2, 0) is 10.5 Å². The molecule has 0 atom stereocenters. The van der Waals surface area contributed by atoms with Gasteiger partial charge in [0.2, 0.25) is 5.13 Å². The van der Waals surface area contributed by atoms with Crippen LogP contribution in [0, 0.1) is 13.8 Å². The zero-order chi connectivity index (χ0) is 20.1. The second-order valence-corrected chi connectivity index (χ2v) is 9.02. The molecule has 0 saturated heterocycles. The van der Waals surface area contributed by atoms with Gasteiger partial charge in [0.15, 0.2) is 10.9 Å². The van der Waals surface area contributed by atoms with Gasteiger partial charge in [0.25, 0.3) is 5.91 Å². The van der Waals surface area contributed by atoms with Crippen molar-refractivity contribution in [2.75, 3.05) is 11.9 Å². The van der Waals surface area contributed by atoms with Gasteiger partial charge in [-0.3, -0.25) is 10.1 Å². The highest BCUT2D eigenvalue weighted by atomic mass is 35.5. The SMILES string of the molecule is Cc1ccc(OCC(=O)Nc2nnc(SCc3ccc(Cl)cc3Cl)s2)cc1C. The van der Waals surface area contributed by atoms with Crippen LogP contribution in [0.1, 0.15) is 16.7 Å². The van der Waals surface area contributed by atoms with Crippen molar-refractivity contribution >= 4 is 57.3 Å². The Labute approximate surface area is 181 Å². The number of amides is 1. The van der Waals surface area contributed by atoms with Gasteiger partial charge in [0.05, 0.1) is 0 Å². The monoisotopic (exact) mass is 453 g/mol. The number of anilines is 1. The lowest BCUT2D eigenvalue weighted by atomic mass is 10.1. The number of benzene rings is 2. The van der Waals surface area contributed by atoms with Crippen molar-refractivity contribution in [1.82, 2.24) is 10.2 Å². The minimum atomic E-state index is -0.285. The number of rotatable bonds is 7. The predicted octanol–water partition coefficient (Wildman–Crippen LogP) is 5.77. The predicted molar refractivity (Wildman–Crippen MR) is 116 cm³/mol. The lowest BCUT2D eigenvalue weighted by Crippen LogP contribution is -2.20. The summed E-state index contributed by atoms with van der Waals surface area (Å²) in [7, 11) is 0. The van der Waals surface area contributed by atoms with Gasteiger partial charge in [0.1, 0.15) is 5.75 Å². The van der Waals surface area contributed by atoms with Gasteiger partial charge in [-0.15, -0.1) is 10.2 Å². The first-order valence-corrected chi connectivity index (χ1v) is 10.9. The highest BCUT2D eigenvalue weighted by Crippen LogP contribution is 2.31. The highest BCUT2D eigenvalue weighted by molar-refractivity contribution is 8.00. The normalized spacial score (nSPS) is 10.7. The number of aromatic nitrogens is 2. The van der Waals surface area contributed by atoms with Crippen molar-refractivity contribution in [1.29, 1.82) is 0 Å². The maximum atomic E-state index is 12.1. The topological polar surface area (TPSA) is 64.1 Å². The molecule has 3 aromatic rings. The molecule has 0 aliphatic rings. The van der Waals surface area contributed by atoms with E-state index in [1.165, 1.54) is 28.7 Å². The van der Waals surface area contributed by atoms with Crippen LogP contribution in [0.3, 0.4) is 0 Å². The number of ether oxygens (including phenoxy) is 1. The summed E-state index contributed by atoms with van der Waals surface area (Å²) in [4.78, 5) is 12.1. The maximum absolute atomic E-state index is 12.1. The number of nitrogens with zero attached hydrogens (tertiary/aromatic N) is 2. The third kappa shape index (κ3) is 5.85. The number of hydrogen-bond donors (Lipinski definition) is 1. The van der Waals surface area contributed by atoms with Gasteiger partial charge in [0, 0.05) is 15.8 Å². The molecule has 0 unspecified atom stereocenters. The summed E-state index contributed by atoms with van der Waals surface area (Å²) < 4.78 is 6.26. The smallest absolute Gasteiger partial charge is 0.264 e. The summed E-state index contributed by atoms with van der Waals surface area (Å²) in [5.74, 6) is 1.01. The second kappa shape index (κ2) is 9.60. The van der Waals surface area contributed by atoms with E-state index < -0.39 is 0 Å². The van der Waals surface area contributed by atoms with E-state index in [2.05, 4.69) is 15.5 Å². The molecule has 1 aromatic heterocycles. The minimum absolute atomic E-state index is 0.0923. The van der Waals surface area contributed by atoms with Gasteiger partial charge in [-0.2, -0.15) is 0 Å². The molecule has 146 valence electrons. The number of aryl methyl sites for hydroxylation is 2. The molecule has 0 fully saturated rings. The van der Waals surface area contributed by atoms with Gasteiger partial charge >= 0.3 is 0 Å². The Kier molecular flexibility index (Phi) is 7.18. The number of hydrogen-bond acceptors (Lipinski definition) is 6. The van der Waals surface area contributed by atoms with E-state index in [0.29, 0.717) is 26.7 Å². The van der Waals surface area contributed by atoms with Crippen LogP contribution in [0.2, 0.25) is 10.0 Å². The van der Waals surface area contributed by atoms with Crippen molar-refractivity contribution in [3.05, 3.63) is 63.1 Å². The van der Waals surface area contributed by atoms with Gasteiger partial charge in [-0.25, -0.2) is 0 Å². The van der Waals surface area contributed by atoms with E-state index in [1.54, 1.807) is 12.1 Å². The molecule has 0 bridgehead atoms. The number of carbonyl (C=O) groups excluding carboxylic acids is 1. The van der Waals surface area contributed by atoms with Crippen LogP contribution in [0.25, 0.3) is 0 Å². The van der Waals surface area contributed by atoms with E-state index in [4.69, 9.17) is 27.9 Å². The number of thioether (sulfide) groups is 1. The van der Waals surface area contributed by atoms with E-state index in [9.17, 15) is 4.79 Å². The first-order valence-electron chi connectivity index (χ1n) is 8.31. The third-order valence-electron chi connectivity index (χ3n) is 3.87. The van der Waals surface area contributed by atoms with Crippen LogP contribution in [-0.4, -0.2) is 22.7 Å². The number of nitrogens with one attached hydrogen (secondary N) is 1. The molecular weight excluding hydrogens is 437 g/mol. The molecule has 3 rings (SSSR count). The van der Waals surface area contributed by atoms with Gasteiger partial charge in [-0.05, 0) is 54.8 Å². The zero-order valence-electron chi connectivity index (χ0n) is 15.2. The Morgan fingerprint density at radius 1 is 1.14 bits per heavy atom. The molecular formula is C19H17Cl2N3O2S2. The molecule has 5 nitrogen and oxygen atoms in total. The van der Waals surface area contributed by atoms with Crippen LogP contribution in [0.5, 0.6) is 5.75 Å². The van der Waals surface area contributed by atoms with Crippen LogP contribution >= 0.6 is 46.3 Å². The molecule has 1 heterocycles.